The Kier molecular flexibility index (Phi) is 4.03. The van der Waals surface area contributed by atoms with Gasteiger partial charge in [-0.15, -0.1) is 0 Å². The van der Waals surface area contributed by atoms with Crippen LogP contribution in [-0.4, -0.2) is 0 Å². The van der Waals surface area contributed by atoms with E-state index in [0.717, 1.165) is 11.5 Å². The van der Waals surface area contributed by atoms with E-state index in [-0.39, 0.29) is 0 Å². The molecule has 2 aromatic carbocycles. The van der Waals surface area contributed by atoms with E-state index in [9.17, 15) is 0 Å². The van der Waals surface area contributed by atoms with Crippen molar-refractivity contribution in [1.82, 2.24) is 0 Å². The van der Waals surface area contributed by atoms with Gasteiger partial charge in [0.15, 0.2) is 0 Å². The molecule has 0 saturated carbocycles. The van der Waals surface area contributed by atoms with Gasteiger partial charge in [0.2, 0.25) is 0 Å². The molecule has 0 saturated heterocycles. The van der Waals surface area contributed by atoms with Crippen LogP contribution in [-0.2, 0) is 18.6 Å². The van der Waals surface area contributed by atoms with Gasteiger partial charge in [0.05, 0.1) is 0 Å². The molecule has 3 heteroatoms. The second-order valence-electron chi connectivity index (χ2n) is 3.32. The van der Waals surface area contributed by atoms with Gasteiger partial charge in [-0.2, -0.15) is 0 Å². The van der Waals surface area contributed by atoms with Gasteiger partial charge in [-0.25, -0.2) is 0 Å². The van der Waals surface area contributed by atoms with Crippen molar-refractivity contribution in [2.45, 2.75) is 5.23 Å². The molecule has 81 valence electrons. The van der Waals surface area contributed by atoms with Crippen molar-refractivity contribution in [1.29, 1.82) is 0 Å². The van der Waals surface area contributed by atoms with Gasteiger partial charge >= 0.3 is 103 Å². The van der Waals surface area contributed by atoms with Gasteiger partial charge in [0.1, 0.15) is 0 Å². The molecular formula is C13H13O2Ti. The molecule has 0 heterocycles. The average Bonchev–Trinajstić information content (AvgIpc) is 2.31. The Morgan fingerprint density at radius 1 is 0.688 bits per heavy atom. The molecule has 0 aliphatic heterocycles. The summed E-state index contributed by atoms with van der Waals surface area (Å²) < 4.78 is 11.5. The van der Waals surface area contributed by atoms with Crippen molar-refractivity contribution < 1.29 is 25.3 Å². The van der Waals surface area contributed by atoms with Crippen LogP contribution in [0.3, 0.4) is 0 Å². The number of benzene rings is 2. The Hall–Kier alpha value is -1.25. The average molecular weight is 249 g/mol. The zero-order chi connectivity index (χ0) is 11.2. The summed E-state index contributed by atoms with van der Waals surface area (Å²) in [5.74, 6) is 1.77. The molecule has 0 aliphatic rings. The van der Waals surface area contributed by atoms with E-state index in [0.29, 0.717) is 0 Å². The fourth-order valence-electron chi connectivity index (χ4n) is 1.33. The Morgan fingerprint density at radius 2 is 1.06 bits per heavy atom. The molecule has 0 amide bonds. The van der Waals surface area contributed by atoms with Crippen LogP contribution in [0.1, 0.15) is 0 Å². The van der Waals surface area contributed by atoms with E-state index in [1.165, 1.54) is 0 Å². The van der Waals surface area contributed by atoms with E-state index in [2.05, 4.69) is 0 Å². The third kappa shape index (κ3) is 3.40. The predicted molar refractivity (Wildman–Crippen MR) is 60.0 cm³/mol. The summed E-state index contributed by atoms with van der Waals surface area (Å²) in [7, 11) is 0. The van der Waals surface area contributed by atoms with Crippen LogP contribution in [0.4, 0.5) is 0 Å². The quantitative estimate of drug-likeness (QED) is 0.770. The molecule has 2 nitrogen and oxygen atoms in total. The van der Waals surface area contributed by atoms with Crippen LogP contribution >= 0.6 is 0 Å². The minimum atomic E-state index is -1.93. The van der Waals surface area contributed by atoms with E-state index < -0.39 is 18.6 Å². The van der Waals surface area contributed by atoms with Crippen molar-refractivity contribution in [2.24, 2.45) is 0 Å². The van der Waals surface area contributed by atoms with Crippen LogP contribution in [0, 0.1) is 0 Å². The number of rotatable bonds is 4. The fourth-order valence-corrected chi connectivity index (χ4v) is 2.86. The molecule has 0 bridgehead atoms. The molecule has 0 N–H and O–H groups in total. The monoisotopic (exact) mass is 249 g/mol. The molecule has 0 fully saturated rings. The molecule has 0 aliphatic carbocycles. The van der Waals surface area contributed by atoms with Gasteiger partial charge in [-0.3, -0.25) is 0 Å². The summed E-state index contributed by atoms with van der Waals surface area (Å²) >= 11 is -1.93. The molecule has 0 aromatic heterocycles. The summed E-state index contributed by atoms with van der Waals surface area (Å²) in [6.45, 7) is 0. The predicted octanol–water partition coefficient (Wildman–Crippen LogP) is 3.64. The van der Waals surface area contributed by atoms with Crippen molar-refractivity contribution in [3.05, 3.63) is 60.7 Å². The molecule has 0 unspecified atom stereocenters. The topological polar surface area (TPSA) is 18.5 Å². The standard InChI is InChI=1S/2C6H6O.CH3.Ti/c2*7-6-4-2-1-3-5-6;;/h2*1-5,7H;1H3;/q;;;+2/p-2. The zero-order valence-electron chi connectivity index (χ0n) is 9.09. The first kappa shape index (κ1) is 11.2. The Labute approximate surface area is 103 Å². The minimum absolute atomic E-state index is 0.885. The first-order valence-corrected chi connectivity index (χ1v) is 7.97. The van der Waals surface area contributed by atoms with Crippen LogP contribution in [0.25, 0.3) is 0 Å². The summed E-state index contributed by atoms with van der Waals surface area (Å²) in [4.78, 5) is 0. The second-order valence-corrected chi connectivity index (χ2v) is 5.49. The normalized spacial score (nSPS) is 9.56. The van der Waals surface area contributed by atoms with Gasteiger partial charge in [-0.05, 0) is 0 Å². The van der Waals surface area contributed by atoms with Gasteiger partial charge in [0.25, 0.3) is 0 Å². The number of para-hydroxylation sites is 2. The second kappa shape index (κ2) is 5.73. The number of hydrogen-bond acceptors (Lipinski definition) is 2. The van der Waals surface area contributed by atoms with E-state index in [4.69, 9.17) is 6.64 Å². The van der Waals surface area contributed by atoms with E-state index in [1.807, 2.05) is 65.9 Å². The molecule has 2 aromatic rings. The van der Waals surface area contributed by atoms with Crippen molar-refractivity contribution in [2.75, 3.05) is 0 Å². The van der Waals surface area contributed by atoms with E-state index in [1.54, 1.807) is 0 Å². The summed E-state index contributed by atoms with van der Waals surface area (Å²) in [6.07, 6.45) is 0. The van der Waals surface area contributed by atoms with Crippen molar-refractivity contribution >= 4 is 0 Å². The van der Waals surface area contributed by atoms with Crippen LogP contribution < -0.4 is 6.64 Å². The molecule has 16 heavy (non-hydrogen) atoms. The molecule has 0 radical (unpaired) electrons. The third-order valence-corrected chi connectivity index (χ3v) is 3.64. The molecule has 2 rings (SSSR count). The SMILES string of the molecule is [CH3][Ti]([O]c1ccccc1)[O]c1ccccc1. The Bertz CT molecular complexity index is 375. The number of hydrogen-bond donors (Lipinski definition) is 0. The van der Waals surface area contributed by atoms with Crippen LogP contribution in [0.5, 0.6) is 11.5 Å². The summed E-state index contributed by atoms with van der Waals surface area (Å²) in [5, 5.41) is 2.04. The Balaban J connectivity index is 1.92. The van der Waals surface area contributed by atoms with Crippen molar-refractivity contribution in [3.63, 3.8) is 0 Å². The van der Waals surface area contributed by atoms with Gasteiger partial charge in [0, 0.05) is 0 Å². The van der Waals surface area contributed by atoms with Gasteiger partial charge in [-0.1, -0.05) is 0 Å². The zero-order valence-corrected chi connectivity index (χ0v) is 10.7. The van der Waals surface area contributed by atoms with Crippen LogP contribution in [0.15, 0.2) is 60.7 Å². The van der Waals surface area contributed by atoms with Crippen molar-refractivity contribution in [3.8, 4) is 11.5 Å². The summed E-state index contributed by atoms with van der Waals surface area (Å²) in [6, 6.07) is 19.6. The maximum atomic E-state index is 5.76. The third-order valence-electron chi connectivity index (χ3n) is 2.01. The maximum absolute atomic E-state index is 5.76. The molecule has 0 atom stereocenters. The first-order valence-electron chi connectivity index (χ1n) is 5.14. The first-order chi connectivity index (χ1) is 7.84. The molecule has 0 spiro atoms. The van der Waals surface area contributed by atoms with Crippen LogP contribution in [0.2, 0.25) is 5.23 Å². The van der Waals surface area contributed by atoms with E-state index >= 15 is 0 Å². The Morgan fingerprint density at radius 3 is 1.44 bits per heavy atom. The fraction of sp³-hybridized carbons (Fsp3) is 0.0769. The summed E-state index contributed by atoms with van der Waals surface area (Å²) in [5.41, 5.74) is 0. The van der Waals surface area contributed by atoms with Gasteiger partial charge < -0.3 is 0 Å². The molecular weight excluding hydrogens is 236 g/mol.